The number of amides is 4. The van der Waals surface area contributed by atoms with Crippen molar-refractivity contribution >= 4 is 109 Å². The van der Waals surface area contributed by atoms with Gasteiger partial charge in [-0.2, -0.15) is 0 Å². The van der Waals surface area contributed by atoms with E-state index in [2.05, 4.69) is 39.3 Å². The third kappa shape index (κ3) is 12.4. The Morgan fingerprint density at radius 2 is 0.912 bits per heavy atom. The van der Waals surface area contributed by atoms with Gasteiger partial charge in [0.15, 0.2) is 11.1 Å². The summed E-state index contributed by atoms with van der Waals surface area (Å²) in [6, 6.07) is 27.3. The summed E-state index contributed by atoms with van der Waals surface area (Å²) >= 11 is 25.8. The maximum absolute atomic E-state index is 14.9. The van der Waals surface area contributed by atoms with Crippen LogP contribution < -0.4 is 9.80 Å². The smallest absolute Gasteiger partial charge is 0.304 e. The fourth-order valence-corrected chi connectivity index (χ4v) is 14.6. The SMILES string of the molecule is C[Si](C)(C)CCOCN1C(=O)[C@@]2(c3ccc(Cl)cc31)[C@@H](c1cccc(Cl)c1)C[C@H](CC(=O)O)C(=O)N2CC1CC1.C[Si](C)(C)CCOCN1C(=O)[C@]2(c3ccc(Cl)cc31)[C@H](c1cccc(Cl)c1)C[C@@H](CC(=O)O)C(=O)N2CC1CC1. The molecule has 4 aromatic carbocycles. The molecule has 14 nitrogen and oxygen atoms in total. The fourth-order valence-electron chi connectivity index (χ4n) is 12.3. The molecule has 6 atom stereocenters. The topological polar surface area (TPSA) is 174 Å². The highest BCUT2D eigenvalue weighted by molar-refractivity contribution is 6.76. The van der Waals surface area contributed by atoms with Crippen molar-refractivity contribution in [1.29, 1.82) is 0 Å². The lowest BCUT2D eigenvalue weighted by atomic mass is 9.66. The summed E-state index contributed by atoms with van der Waals surface area (Å²) in [5.74, 6) is -5.11. The molecule has 0 aromatic heterocycles. The van der Waals surface area contributed by atoms with E-state index in [1.807, 2.05) is 48.5 Å². The van der Waals surface area contributed by atoms with Crippen LogP contribution in [0.3, 0.4) is 0 Å². The number of rotatable bonds is 20. The number of nitrogens with zero attached hydrogens (tertiary/aromatic N) is 4. The average Bonchev–Trinajstić information content (AvgIpc) is 3.78. The molecule has 4 heterocycles. The third-order valence-electron chi connectivity index (χ3n) is 16.6. The number of carboxylic acid groups (broad SMARTS) is 2. The Hall–Kier alpha value is -4.79. The standard InChI is InChI=1S/2C30H36Cl2N2O5Si/c2*1-40(2,3)12-11-39-18-33-26-16-23(32)9-10-24(26)30(29(33)38)25(20-5-4-6-22(31)13-20)14-21(15-27(35)36)28(37)34(30)17-19-7-8-19/h2*4-6,9-10,13,16,19,21,25H,7-8,11-12,14-15,17-18H2,1-3H3,(H,35,36)/t2*21-,25-,30-/m10/s1. The van der Waals surface area contributed by atoms with Gasteiger partial charge < -0.3 is 29.5 Å². The first kappa shape index (κ1) is 59.8. The van der Waals surface area contributed by atoms with Crippen molar-refractivity contribution in [1.82, 2.24) is 9.80 Å². The van der Waals surface area contributed by atoms with E-state index in [0.717, 1.165) is 48.9 Å². The van der Waals surface area contributed by atoms with Gasteiger partial charge in [-0.3, -0.25) is 38.6 Å². The highest BCUT2D eigenvalue weighted by Gasteiger charge is 2.66. The fraction of sp³-hybridized carbons (Fsp3) is 0.500. The minimum Gasteiger partial charge on any atom is -0.481 e. The number of carbonyl (C=O) groups excluding carboxylic acids is 4. The summed E-state index contributed by atoms with van der Waals surface area (Å²) in [7, 11) is -2.69. The van der Waals surface area contributed by atoms with Crippen LogP contribution in [0.1, 0.15) is 85.5 Å². The first-order chi connectivity index (χ1) is 37.8. The molecule has 2 spiro atoms. The second-order valence-corrected chi connectivity index (χ2v) is 38.1. The molecule has 10 rings (SSSR count). The Kier molecular flexibility index (Phi) is 17.8. The monoisotopic (exact) mass is 1200 g/mol. The number of aliphatic carboxylic acids is 2. The molecule has 0 radical (unpaired) electrons. The number of hydrogen-bond donors (Lipinski definition) is 2. The van der Waals surface area contributed by atoms with Gasteiger partial charge in [-0.05, 0) is 122 Å². The minimum absolute atomic E-state index is 0.0463. The van der Waals surface area contributed by atoms with Crippen molar-refractivity contribution in [2.75, 3.05) is 49.6 Å². The van der Waals surface area contributed by atoms with E-state index >= 15 is 0 Å². The number of likely N-dealkylation sites (tertiary alicyclic amines) is 2. The summed E-state index contributed by atoms with van der Waals surface area (Å²) in [6.45, 7) is 15.6. The molecular formula is C60H72Cl4N4O10Si2. The number of anilines is 2. The molecule has 0 bridgehead atoms. The molecular weight excluding hydrogens is 1130 g/mol. The zero-order chi connectivity index (χ0) is 57.6. The molecule has 2 aliphatic carbocycles. The van der Waals surface area contributed by atoms with Gasteiger partial charge in [-0.25, -0.2) is 0 Å². The Bertz CT molecular complexity index is 2860. The highest BCUT2D eigenvalue weighted by atomic mass is 35.5. The Balaban J connectivity index is 0.000000194. The van der Waals surface area contributed by atoms with Gasteiger partial charge in [-0.15, -0.1) is 0 Å². The molecule has 6 aliphatic rings. The van der Waals surface area contributed by atoms with E-state index in [9.17, 15) is 39.0 Å². The second kappa shape index (κ2) is 23.8. The van der Waals surface area contributed by atoms with Gasteiger partial charge in [0, 0.05) is 97.3 Å². The van der Waals surface area contributed by atoms with Gasteiger partial charge in [0.1, 0.15) is 13.5 Å². The van der Waals surface area contributed by atoms with Crippen LogP contribution in [0.25, 0.3) is 0 Å². The van der Waals surface area contributed by atoms with E-state index in [0.29, 0.717) is 68.9 Å². The molecule has 428 valence electrons. The lowest BCUT2D eigenvalue weighted by molar-refractivity contribution is -0.161. The zero-order valence-electron chi connectivity index (χ0n) is 46.3. The van der Waals surface area contributed by atoms with E-state index in [1.54, 1.807) is 56.0 Å². The van der Waals surface area contributed by atoms with Crippen LogP contribution >= 0.6 is 46.4 Å². The normalized spacial score (nSPS) is 24.6. The number of carbonyl (C=O) groups is 6. The van der Waals surface area contributed by atoms with Gasteiger partial charge >= 0.3 is 11.9 Å². The first-order valence-corrected chi connectivity index (χ1v) is 36.7. The quantitative estimate of drug-likeness (QED) is 0.0640. The Labute approximate surface area is 491 Å². The Morgan fingerprint density at radius 1 is 0.550 bits per heavy atom. The van der Waals surface area contributed by atoms with E-state index < -0.39 is 62.8 Å². The molecule has 80 heavy (non-hydrogen) atoms. The summed E-state index contributed by atoms with van der Waals surface area (Å²) in [5, 5.41) is 21.4. The molecule has 4 fully saturated rings. The van der Waals surface area contributed by atoms with E-state index in [4.69, 9.17) is 55.9 Å². The second-order valence-electron chi connectivity index (χ2n) is 25.1. The lowest BCUT2D eigenvalue weighted by Crippen LogP contribution is -2.64. The van der Waals surface area contributed by atoms with E-state index in [1.165, 1.54) is 0 Å². The summed E-state index contributed by atoms with van der Waals surface area (Å²) < 4.78 is 12.2. The summed E-state index contributed by atoms with van der Waals surface area (Å²) in [5.41, 5.74) is 1.53. The number of fused-ring (bicyclic) bond motifs is 4. The van der Waals surface area contributed by atoms with Crippen LogP contribution in [0, 0.1) is 23.7 Å². The molecule has 4 aromatic rings. The van der Waals surface area contributed by atoms with Crippen molar-refractivity contribution in [2.24, 2.45) is 23.7 Å². The predicted molar refractivity (Wildman–Crippen MR) is 317 cm³/mol. The highest BCUT2D eigenvalue weighted by Crippen LogP contribution is 2.60. The predicted octanol–water partition coefficient (Wildman–Crippen LogP) is 12.7. The Morgan fingerprint density at radius 3 is 1.24 bits per heavy atom. The molecule has 4 aliphatic heterocycles. The number of hydrogen-bond acceptors (Lipinski definition) is 8. The number of ether oxygens (including phenoxy) is 2. The van der Waals surface area contributed by atoms with Crippen LogP contribution in [0.15, 0.2) is 84.9 Å². The number of carboxylic acids is 2. The van der Waals surface area contributed by atoms with Gasteiger partial charge in [0.2, 0.25) is 11.8 Å². The van der Waals surface area contributed by atoms with E-state index in [-0.39, 0.29) is 74.6 Å². The van der Waals surface area contributed by atoms with Crippen molar-refractivity contribution < 1.29 is 48.5 Å². The minimum atomic E-state index is -1.36. The third-order valence-corrected chi connectivity index (χ3v) is 21.0. The average molecular weight is 1210 g/mol. The van der Waals surface area contributed by atoms with Crippen LogP contribution in [0.4, 0.5) is 11.4 Å². The van der Waals surface area contributed by atoms with Crippen molar-refractivity contribution in [3.8, 4) is 0 Å². The van der Waals surface area contributed by atoms with Crippen LogP contribution in [0.2, 0.25) is 71.5 Å². The van der Waals surface area contributed by atoms with Gasteiger partial charge in [0.25, 0.3) is 11.8 Å². The number of benzene rings is 4. The molecule has 2 saturated heterocycles. The van der Waals surface area contributed by atoms with Crippen molar-refractivity contribution in [2.45, 2.75) is 126 Å². The van der Waals surface area contributed by atoms with Crippen LogP contribution in [0.5, 0.6) is 0 Å². The molecule has 4 amide bonds. The van der Waals surface area contributed by atoms with Crippen LogP contribution in [-0.4, -0.2) is 111 Å². The maximum Gasteiger partial charge on any atom is 0.304 e. The van der Waals surface area contributed by atoms with Crippen LogP contribution in [-0.2, 0) is 49.3 Å². The molecule has 20 heteroatoms. The van der Waals surface area contributed by atoms with Gasteiger partial charge in [-0.1, -0.05) is 122 Å². The van der Waals surface area contributed by atoms with Crippen molar-refractivity contribution in [3.63, 3.8) is 0 Å². The number of halogens is 4. The molecule has 2 saturated carbocycles. The zero-order valence-corrected chi connectivity index (χ0v) is 51.3. The van der Waals surface area contributed by atoms with Gasteiger partial charge in [0.05, 0.1) is 24.2 Å². The lowest BCUT2D eigenvalue weighted by Gasteiger charge is -2.51. The first-order valence-electron chi connectivity index (χ1n) is 27.8. The largest absolute Gasteiger partial charge is 0.481 e. The summed E-state index contributed by atoms with van der Waals surface area (Å²) in [6.07, 6.45) is 3.71. The molecule has 2 N–H and O–H groups in total. The number of piperidine rings is 2. The van der Waals surface area contributed by atoms with Crippen molar-refractivity contribution in [3.05, 3.63) is 127 Å². The summed E-state index contributed by atoms with van der Waals surface area (Å²) in [4.78, 5) is 88.3. The molecule has 0 unspecified atom stereocenters. The maximum atomic E-state index is 14.9.